The maximum absolute atomic E-state index is 3.46. The molecular formula is C18H21N. The third kappa shape index (κ3) is 2.31. The van der Waals surface area contributed by atoms with E-state index in [1.54, 1.807) is 0 Å². The Morgan fingerprint density at radius 2 is 1.74 bits per heavy atom. The van der Waals surface area contributed by atoms with Crippen molar-refractivity contribution >= 4 is 0 Å². The first-order valence-corrected chi connectivity index (χ1v) is 7.18. The Kier molecular flexibility index (Phi) is 3.39. The van der Waals surface area contributed by atoms with Crippen molar-refractivity contribution < 1.29 is 0 Å². The van der Waals surface area contributed by atoms with E-state index in [4.69, 9.17) is 0 Å². The average molecular weight is 251 g/mol. The van der Waals surface area contributed by atoms with Crippen LogP contribution in [-0.2, 0) is 13.0 Å². The van der Waals surface area contributed by atoms with Gasteiger partial charge in [0.15, 0.2) is 0 Å². The molecule has 0 aromatic heterocycles. The first-order chi connectivity index (χ1) is 9.27. The SMILES string of the molecule is CC(C)c1ccccc1-c1cccc2c1CCNC2. The zero-order valence-corrected chi connectivity index (χ0v) is 11.7. The van der Waals surface area contributed by atoms with Crippen LogP contribution in [-0.4, -0.2) is 6.54 Å². The minimum atomic E-state index is 0.564. The number of benzene rings is 2. The van der Waals surface area contributed by atoms with Crippen molar-refractivity contribution in [2.75, 3.05) is 6.54 Å². The van der Waals surface area contributed by atoms with Crippen molar-refractivity contribution in [3.05, 3.63) is 59.2 Å². The molecule has 1 aliphatic heterocycles. The maximum atomic E-state index is 3.46. The highest BCUT2D eigenvalue weighted by Gasteiger charge is 2.16. The molecule has 0 spiro atoms. The van der Waals surface area contributed by atoms with Gasteiger partial charge in [0.05, 0.1) is 0 Å². The fourth-order valence-corrected chi connectivity index (χ4v) is 3.03. The molecule has 1 heterocycles. The van der Waals surface area contributed by atoms with Gasteiger partial charge in [-0.05, 0) is 46.7 Å². The molecule has 2 aromatic carbocycles. The number of hydrogen-bond donors (Lipinski definition) is 1. The maximum Gasteiger partial charge on any atom is 0.0208 e. The largest absolute Gasteiger partial charge is 0.312 e. The molecule has 1 heteroatoms. The van der Waals surface area contributed by atoms with Gasteiger partial charge in [-0.2, -0.15) is 0 Å². The molecule has 0 amide bonds. The van der Waals surface area contributed by atoms with Crippen molar-refractivity contribution in [3.63, 3.8) is 0 Å². The Balaban J connectivity index is 2.17. The fourth-order valence-electron chi connectivity index (χ4n) is 3.03. The number of nitrogens with one attached hydrogen (secondary N) is 1. The second-order valence-electron chi connectivity index (χ2n) is 5.61. The fraction of sp³-hybridized carbons (Fsp3) is 0.333. The van der Waals surface area contributed by atoms with E-state index in [1.807, 2.05) is 0 Å². The summed E-state index contributed by atoms with van der Waals surface area (Å²) in [6, 6.07) is 15.6. The van der Waals surface area contributed by atoms with Gasteiger partial charge in [-0.15, -0.1) is 0 Å². The van der Waals surface area contributed by atoms with Crippen molar-refractivity contribution in [1.82, 2.24) is 5.32 Å². The summed E-state index contributed by atoms with van der Waals surface area (Å²) in [6.45, 7) is 6.65. The minimum Gasteiger partial charge on any atom is -0.312 e. The molecule has 0 fully saturated rings. The van der Waals surface area contributed by atoms with Gasteiger partial charge >= 0.3 is 0 Å². The lowest BCUT2D eigenvalue weighted by Crippen LogP contribution is -2.24. The van der Waals surface area contributed by atoms with Crippen LogP contribution < -0.4 is 5.32 Å². The third-order valence-electron chi connectivity index (χ3n) is 4.01. The molecule has 0 saturated heterocycles. The van der Waals surface area contributed by atoms with Crippen molar-refractivity contribution in [3.8, 4) is 11.1 Å². The highest BCUT2D eigenvalue weighted by atomic mass is 14.9. The molecule has 0 atom stereocenters. The first kappa shape index (κ1) is 12.4. The van der Waals surface area contributed by atoms with Gasteiger partial charge in [0.1, 0.15) is 0 Å². The summed E-state index contributed by atoms with van der Waals surface area (Å²) in [5.41, 5.74) is 7.30. The molecule has 0 radical (unpaired) electrons. The Labute approximate surface area is 115 Å². The highest BCUT2D eigenvalue weighted by Crippen LogP contribution is 2.33. The molecule has 0 unspecified atom stereocenters. The Hall–Kier alpha value is -1.60. The highest BCUT2D eigenvalue weighted by molar-refractivity contribution is 5.72. The van der Waals surface area contributed by atoms with Crippen molar-refractivity contribution in [2.24, 2.45) is 0 Å². The van der Waals surface area contributed by atoms with Gasteiger partial charge in [0.25, 0.3) is 0 Å². The van der Waals surface area contributed by atoms with Gasteiger partial charge in [-0.25, -0.2) is 0 Å². The van der Waals surface area contributed by atoms with Gasteiger partial charge in [-0.1, -0.05) is 56.3 Å². The molecule has 98 valence electrons. The van der Waals surface area contributed by atoms with Crippen LogP contribution in [0.15, 0.2) is 42.5 Å². The molecule has 1 aliphatic rings. The van der Waals surface area contributed by atoms with Gasteiger partial charge < -0.3 is 5.32 Å². The van der Waals surface area contributed by atoms with Crippen LogP contribution in [0.4, 0.5) is 0 Å². The van der Waals surface area contributed by atoms with Gasteiger partial charge in [0, 0.05) is 6.54 Å². The van der Waals surface area contributed by atoms with Crippen LogP contribution >= 0.6 is 0 Å². The first-order valence-electron chi connectivity index (χ1n) is 7.18. The lowest BCUT2D eigenvalue weighted by atomic mass is 9.86. The molecule has 0 bridgehead atoms. The Bertz CT molecular complexity index is 584. The molecule has 0 saturated carbocycles. The van der Waals surface area contributed by atoms with Crippen LogP contribution in [0.5, 0.6) is 0 Å². The minimum absolute atomic E-state index is 0.564. The van der Waals surface area contributed by atoms with Crippen molar-refractivity contribution in [1.29, 1.82) is 0 Å². The van der Waals surface area contributed by atoms with Gasteiger partial charge in [-0.3, -0.25) is 0 Å². The summed E-state index contributed by atoms with van der Waals surface area (Å²) < 4.78 is 0. The smallest absolute Gasteiger partial charge is 0.0208 e. The summed E-state index contributed by atoms with van der Waals surface area (Å²) in [5.74, 6) is 0.564. The lowest BCUT2D eigenvalue weighted by Gasteiger charge is -2.22. The standard InChI is InChI=1S/C18H21N/c1-13(2)15-7-3-4-8-17(15)18-9-5-6-14-12-19-11-10-16(14)18/h3-9,13,19H,10-12H2,1-2H3. The number of hydrogen-bond acceptors (Lipinski definition) is 1. The monoisotopic (exact) mass is 251 g/mol. The zero-order valence-electron chi connectivity index (χ0n) is 11.7. The summed E-state index contributed by atoms with van der Waals surface area (Å²) in [5, 5.41) is 3.46. The van der Waals surface area contributed by atoms with E-state index < -0.39 is 0 Å². The van der Waals surface area contributed by atoms with Crippen LogP contribution in [0, 0.1) is 0 Å². The third-order valence-corrected chi connectivity index (χ3v) is 4.01. The van der Waals surface area contributed by atoms with Crippen LogP contribution in [0.25, 0.3) is 11.1 Å². The predicted molar refractivity (Wildman–Crippen MR) is 81.4 cm³/mol. The van der Waals surface area contributed by atoms with E-state index in [9.17, 15) is 0 Å². The molecule has 3 rings (SSSR count). The quantitative estimate of drug-likeness (QED) is 0.846. The summed E-state index contributed by atoms with van der Waals surface area (Å²) >= 11 is 0. The van der Waals surface area contributed by atoms with Crippen molar-refractivity contribution in [2.45, 2.75) is 32.7 Å². The second-order valence-corrected chi connectivity index (χ2v) is 5.61. The van der Waals surface area contributed by atoms with Gasteiger partial charge in [0.2, 0.25) is 0 Å². The summed E-state index contributed by atoms with van der Waals surface area (Å²) in [7, 11) is 0. The van der Waals surface area contributed by atoms with E-state index in [0.717, 1.165) is 19.5 Å². The molecule has 19 heavy (non-hydrogen) atoms. The molecular weight excluding hydrogens is 230 g/mol. The summed E-state index contributed by atoms with van der Waals surface area (Å²) in [4.78, 5) is 0. The molecule has 1 nitrogen and oxygen atoms in total. The Morgan fingerprint density at radius 1 is 0.947 bits per heavy atom. The van der Waals surface area contributed by atoms with E-state index in [2.05, 4.69) is 61.6 Å². The average Bonchev–Trinajstić information content (AvgIpc) is 2.46. The Morgan fingerprint density at radius 3 is 2.58 bits per heavy atom. The van der Waals surface area contributed by atoms with Crippen LogP contribution in [0.3, 0.4) is 0 Å². The van der Waals surface area contributed by atoms with Crippen LogP contribution in [0.2, 0.25) is 0 Å². The molecule has 1 N–H and O–H groups in total. The lowest BCUT2D eigenvalue weighted by molar-refractivity contribution is 0.644. The number of rotatable bonds is 2. The molecule has 0 aliphatic carbocycles. The van der Waals surface area contributed by atoms with E-state index in [0.29, 0.717) is 5.92 Å². The van der Waals surface area contributed by atoms with E-state index in [-0.39, 0.29) is 0 Å². The normalized spacial score (nSPS) is 14.5. The second kappa shape index (κ2) is 5.18. The zero-order chi connectivity index (χ0) is 13.2. The van der Waals surface area contributed by atoms with E-state index >= 15 is 0 Å². The topological polar surface area (TPSA) is 12.0 Å². The number of fused-ring (bicyclic) bond motifs is 1. The molecule has 2 aromatic rings. The van der Waals surface area contributed by atoms with E-state index in [1.165, 1.54) is 27.8 Å². The predicted octanol–water partition coefficient (Wildman–Crippen LogP) is 4.12. The summed E-state index contributed by atoms with van der Waals surface area (Å²) in [6.07, 6.45) is 1.14. The van der Waals surface area contributed by atoms with Crippen LogP contribution in [0.1, 0.15) is 36.5 Å².